The number of carbonyl (C=O) groups is 2. The molecule has 3 aliphatic heterocycles. The maximum atomic E-state index is 13.0. The number of hydrogen-bond donors (Lipinski definition) is 5. The van der Waals surface area contributed by atoms with E-state index in [2.05, 4.69) is 10.0 Å². The molecule has 0 radical (unpaired) electrons. The van der Waals surface area contributed by atoms with Crippen LogP contribution in [0.1, 0.15) is 41.5 Å². The second-order valence-corrected chi connectivity index (χ2v) is 12.9. The highest BCUT2D eigenvalue weighted by Crippen LogP contribution is 2.56. The van der Waals surface area contributed by atoms with E-state index in [0.717, 1.165) is 0 Å². The number of carboxylic acids is 1. The van der Waals surface area contributed by atoms with Crippen LogP contribution in [0, 0.1) is 23.7 Å². The van der Waals surface area contributed by atoms with Gasteiger partial charge in [-0.15, -0.1) is 11.8 Å². The van der Waals surface area contributed by atoms with Gasteiger partial charge in [0.15, 0.2) is 0 Å². The normalized spacial score (nSPS) is 37.0. The molecule has 0 aromatic heterocycles. The maximum absolute atomic E-state index is 13.0. The Morgan fingerprint density at radius 2 is 2.03 bits per heavy atom. The van der Waals surface area contributed by atoms with Gasteiger partial charge in [0.25, 0.3) is 10.2 Å². The fraction of sp³-hybridized carbons (Fsp3) is 0.800. The van der Waals surface area contributed by atoms with Crippen LogP contribution >= 0.6 is 11.8 Å². The third-order valence-electron chi connectivity index (χ3n) is 7.67. The fourth-order valence-electron chi connectivity index (χ4n) is 5.01. The predicted molar refractivity (Wildman–Crippen MR) is 121 cm³/mol. The lowest BCUT2D eigenvalue weighted by molar-refractivity contribution is -0.179. The third-order valence-corrected chi connectivity index (χ3v) is 10.0. The molecule has 0 spiro atoms. The molecule has 6 N–H and O–H groups in total. The molecule has 10 nitrogen and oxygen atoms in total. The Balaban J connectivity index is 1.86. The van der Waals surface area contributed by atoms with Crippen molar-refractivity contribution in [2.75, 3.05) is 13.1 Å². The molecule has 0 aromatic carbocycles. The number of nitrogens with one attached hydrogen (secondary N) is 2. The highest BCUT2D eigenvalue weighted by molar-refractivity contribution is 8.04. The monoisotopic (exact) mass is 490 g/mol. The van der Waals surface area contributed by atoms with E-state index in [0.29, 0.717) is 11.4 Å². The lowest BCUT2D eigenvalue weighted by Gasteiger charge is -2.52. The Bertz CT molecular complexity index is 950. The largest absolute Gasteiger partial charge is 0.477 e. The van der Waals surface area contributed by atoms with Crippen LogP contribution in [0.5, 0.6) is 0 Å². The van der Waals surface area contributed by atoms with Crippen molar-refractivity contribution in [3.63, 3.8) is 0 Å². The molecule has 3 aliphatic rings. The van der Waals surface area contributed by atoms with E-state index < -0.39 is 38.5 Å². The van der Waals surface area contributed by atoms with Gasteiger partial charge in [-0.05, 0) is 25.7 Å². The number of thioether (sulfide) groups is 1. The maximum Gasteiger partial charge on any atom is 0.353 e. The number of carboxylic acid groups (broad SMARTS) is 1. The van der Waals surface area contributed by atoms with Crippen molar-refractivity contribution in [1.29, 1.82) is 0 Å². The first-order chi connectivity index (χ1) is 14.5. The minimum Gasteiger partial charge on any atom is -0.477 e. The molecule has 0 bridgehead atoms. The van der Waals surface area contributed by atoms with E-state index in [4.69, 9.17) is 5.14 Å². The summed E-state index contributed by atoms with van der Waals surface area (Å²) in [5, 5.41) is 29.3. The molecular weight excluding hydrogens is 456 g/mol. The van der Waals surface area contributed by atoms with Crippen molar-refractivity contribution in [3.8, 4) is 0 Å². The van der Waals surface area contributed by atoms with E-state index in [1.807, 2.05) is 34.6 Å². The van der Waals surface area contributed by atoms with Crippen LogP contribution in [0.3, 0.4) is 0 Å². The zero-order valence-corrected chi connectivity index (χ0v) is 20.9. The van der Waals surface area contributed by atoms with E-state index in [-0.39, 0.29) is 41.9 Å². The minimum absolute atomic E-state index is 0.00663. The molecule has 12 heteroatoms. The molecule has 1 amide bonds. The summed E-state index contributed by atoms with van der Waals surface area (Å²) in [6.07, 6.45) is 0. The summed E-state index contributed by atoms with van der Waals surface area (Å²) in [7, 11) is -3.81. The molecule has 3 heterocycles. The zero-order valence-electron chi connectivity index (χ0n) is 19.2. The summed E-state index contributed by atoms with van der Waals surface area (Å²) < 4.78 is 24.4. The van der Waals surface area contributed by atoms with E-state index >= 15 is 0 Å². The average molecular weight is 491 g/mol. The molecular formula is C20H34N4O6S2. The van der Waals surface area contributed by atoms with Crippen LogP contribution < -0.4 is 15.2 Å². The number of β-lactam (4-membered cyclic amide) rings is 1. The topological polar surface area (TPSA) is 162 Å². The molecule has 2 fully saturated rings. The SMILES string of the molecule is CC1[C@@H](CNS(N)(=O)=O)NC[C@@]1(C)SC1=C(C(=O)O)N2C(=O)[C@H]([C@](C)(O)C(C)C)[C@H]2[C@H]1C. The van der Waals surface area contributed by atoms with E-state index in [1.165, 1.54) is 16.7 Å². The first-order valence-corrected chi connectivity index (χ1v) is 13.1. The number of hydrogen-bond acceptors (Lipinski definition) is 7. The lowest BCUT2D eigenvalue weighted by Crippen LogP contribution is -2.68. The average Bonchev–Trinajstić information content (AvgIpc) is 3.05. The zero-order chi connectivity index (χ0) is 24.4. The van der Waals surface area contributed by atoms with Crippen molar-refractivity contribution in [2.24, 2.45) is 28.8 Å². The molecule has 2 saturated heterocycles. The summed E-state index contributed by atoms with van der Waals surface area (Å²) in [4.78, 5) is 27.1. The highest BCUT2D eigenvalue weighted by atomic mass is 32.2. The van der Waals surface area contributed by atoms with Gasteiger partial charge in [0.1, 0.15) is 5.70 Å². The molecule has 7 atom stereocenters. The third kappa shape index (κ3) is 4.09. The van der Waals surface area contributed by atoms with Crippen molar-refractivity contribution >= 4 is 33.8 Å². The number of nitrogens with zero attached hydrogens (tertiary/aromatic N) is 1. The van der Waals surface area contributed by atoms with E-state index in [9.17, 15) is 28.2 Å². The number of aliphatic carboxylic acids is 1. The first-order valence-electron chi connectivity index (χ1n) is 10.8. The van der Waals surface area contributed by atoms with Gasteiger partial charge in [-0.2, -0.15) is 8.42 Å². The number of amides is 1. The molecule has 0 saturated carbocycles. The fourth-order valence-corrected chi connectivity index (χ4v) is 7.04. The molecule has 0 aromatic rings. The van der Waals surface area contributed by atoms with Gasteiger partial charge >= 0.3 is 5.97 Å². The number of aliphatic hydroxyl groups is 1. The Morgan fingerprint density at radius 3 is 2.53 bits per heavy atom. The smallest absolute Gasteiger partial charge is 0.353 e. The molecule has 0 aliphatic carbocycles. The number of rotatable bonds is 8. The van der Waals surface area contributed by atoms with Gasteiger partial charge in [0.2, 0.25) is 5.91 Å². The Kier molecular flexibility index (Phi) is 6.55. The van der Waals surface area contributed by atoms with Crippen molar-refractivity contribution in [1.82, 2.24) is 14.9 Å². The Hall–Kier alpha value is -1.18. The van der Waals surface area contributed by atoms with Crippen molar-refractivity contribution in [3.05, 3.63) is 10.6 Å². The molecule has 3 rings (SSSR count). The molecule has 1 unspecified atom stereocenters. The summed E-state index contributed by atoms with van der Waals surface area (Å²) in [6.45, 7) is 11.9. The first kappa shape index (κ1) is 25.4. The van der Waals surface area contributed by atoms with Crippen LogP contribution in [-0.4, -0.2) is 70.9 Å². The van der Waals surface area contributed by atoms with Gasteiger partial charge in [-0.1, -0.05) is 27.7 Å². The number of nitrogens with two attached hydrogens (primary N) is 1. The summed E-state index contributed by atoms with van der Waals surface area (Å²) in [5.41, 5.74) is -1.25. The number of carbonyl (C=O) groups excluding carboxylic acids is 1. The van der Waals surface area contributed by atoms with Crippen molar-refractivity contribution < 1.29 is 28.2 Å². The van der Waals surface area contributed by atoms with Gasteiger partial charge in [-0.25, -0.2) is 14.7 Å². The molecule has 182 valence electrons. The summed E-state index contributed by atoms with van der Waals surface area (Å²) >= 11 is 1.43. The quantitative estimate of drug-likeness (QED) is 0.298. The minimum atomic E-state index is -3.81. The molecule has 32 heavy (non-hydrogen) atoms. The van der Waals surface area contributed by atoms with Crippen molar-refractivity contribution in [2.45, 2.75) is 64.0 Å². The van der Waals surface area contributed by atoms with Crippen LogP contribution in [0.2, 0.25) is 0 Å². The number of fused-ring (bicyclic) bond motifs is 1. The summed E-state index contributed by atoms with van der Waals surface area (Å²) in [5.74, 6) is -2.61. The predicted octanol–water partition coefficient (Wildman–Crippen LogP) is 0.0592. The standard InChI is InChI=1S/C20H34N4O6S2/c1-9(2)20(6,28)13-14-10(3)16(15(18(26)27)24(14)17(13)25)31-19(5)8-22-12(11(19)4)7-23-32(21,29)30/h9-14,22-23,28H,7-8H2,1-6H3,(H,26,27)(H2,21,29,30)/t10-,11?,12-,13-,14-,19-,20-/m1/s1. The van der Waals surface area contributed by atoms with E-state index in [1.54, 1.807) is 6.92 Å². The summed E-state index contributed by atoms with van der Waals surface area (Å²) in [6, 6.07) is -0.578. The highest BCUT2D eigenvalue weighted by Gasteiger charge is 2.65. The van der Waals surface area contributed by atoms with Gasteiger partial charge < -0.3 is 20.4 Å². The Morgan fingerprint density at radius 1 is 1.44 bits per heavy atom. The van der Waals surface area contributed by atoms with Crippen LogP contribution in [0.15, 0.2) is 10.6 Å². The Labute approximate surface area is 193 Å². The van der Waals surface area contributed by atoms with Gasteiger partial charge in [0, 0.05) is 34.7 Å². The van der Waals surface area contributed by atoms with Gasteiger partial charge in [-0.3, -0.25) is 4.79 Å². The second kappa shape index (κ2) is 8.24. The van der Waals surface area contributed by atoms with Crippen LogP contribution in [-0.2, 0) is 19.8 Å². The lowest BCUT2D eigenvalue weighted by atomic mass is 9.68. The van der Waals surface area contributed by atoms with Crippen LogP contribution in [0.4, 0.5) is 0 Å². The second-order valence-electron chi connectivity index (χ2n) is 9.95. The van der Waals surface area contributed by atoms with Crippen LogP contribution in [0.25, 0.3) is 0 Å². The van der Waals surface area contributed by atoms with Gasteiger partial charge in [0.05, 0.1) is 17.6 Å².